The number of carboxylic acid groups (broad SMARTS) is 1. The fourth-order valence-electron chi connectivity index (χ4n) is 2.28. The van der Waals surface area contributed by atoms with Gasteiger partial charge in [-0.15, -0.1) is 18.2 Å². The highest BCUT2D eigenvalue weighted by Gasteiger charge is 2.42. The number of rotatable bonds is 6. The Bertz CT molecular complexity index is 384. The lowest BCUT2D eigenvalue weighted by Crippen LogP contribution is -2.58. The van der Waals surface area contributed by atoms with Gasteiger partial charge in [0.1, 0.15) is 5.54 Å². The summed E-state index contributed by atoms with van der Waals surface area (Å²) in [6, 6.07) is -0.414. The Morgan fingerprint density at radius 3 is 2.65 bits per heavy atom. The lowest BCUT2D eigenvalue weighted by molar-refractivity contribution is -0.146. The van der Waals surface area contributed by atoms with Crippen LogP contribution in [0.25, 0.3) is 0 Å². The summed E-state index contributed by atoms with van der Waals surface area (Å²) in [4.78, 5) is 23.3. The van der Waals surface area contributed by atoms with Crippen LogP contribution in [0.1, 0.15) is 32.6 Å². The van der Waals surface area contributed by atoms with Gasteiger partial charge in [-0.05, 0) is 31.6 Å². The van der Waals surface area contributed by atoms with E-state index in [-0.39, 0.29) is 0 Å². The molecule has 0 saturated heterocycles. The Balaban J connectivity index is 2.40. The quantitative estimate of drug-likeness (QED) is 0.515. The smallest absolute Gasteiger partial charge is 0.329 e. The van der Waals surface area contributed by atoms with Crippen LogP contribution >= 0.6 is 11.8 Å². The second-order valence-corrected chi connectivity index (χ2v) is 6.31. The van der Waals surface area contributed by atoms with Crippen molar-refractivity contribution in [1.82, 2.24) is 10.6 Å². The van der Waals surface area contributed by atoms with Gasteiger partial charge >= 0.3 is 12.0 Å². The zero-order chi connectivity index (χ0) is 15.0. The third kappa shape index (κ3) is 4.97. The molecule has 0 aromatic carbocycles. The van der Waals surface area contributed by atoms with E-state index < -0.39 is 17.5 Å². The van der Waals surface area contributed by atoms with Crippen LogP contribution in [0.5, 0.6) is 0 Å². The van der Waals surface area contributed by atoms with Crippen LogP contribution in [0.15, 0.2) is 0 Å². The van der Waals surface area contributed by atoms with E-state index >= 15 is 0 Å². The molecule has 0 atom stereocenters. The first kappa shape index (κ1) is 16.7. The first-order valence-electron chi connectivity index (χ1n) is 6.81. The summed E-state index contributed by atoms with van der Waals surface area (Å²) in [6.45, 7) is 2.58. The largest absolute Gasteiger partial charge is 0.480 e. The summed E-state index contributed by atoms with van der Waals surface area (Å²) in [6.07, 6.45) is 7.75. The van der Waals surface area contributed by atoms with Crippen molar-refractivity contribution in [3.8, 4) is 12.3 Å². The average Bonchev–Trinajstić information content (AvgIpc) is 2.41. The third-order valence-corrected chi connectivity index (χ3v) is 4.47. The topological polar surface area (TPSA) is 78.4 Å². The van der Waals surface area contributed by atoms with Crippen LogP contribution in [0.3, 0.4) is 0 Å². The van der Waals surface area contributed by atoms with Gasteiger partial charge < -0.3 is 15.7 Å². The normalized spacial score (nSPS) is 25.5. The molecule has 0 radical (unpaired) electrons. The van der Waals surface area contributed by atoms with E-state index in [0.29, 0.717) is 36.8 Å². The van der Waals surface area contributed by atoms with E-state index in [2.05, 4.69) is 23.5 Å². The summed E-state index contributed by atoms with van der Waals surface area (Å²) in [5.41, 5.74) is -1.11. The van der Waals surface area contributed by atoms with Crippen molar-refractivity contribution in [2.75, 3.05) is 18.1 Å². The fourth-order valence-corrected chi connectivity index (χ4v) is 2.79. The molecule has 6 heteroatoms. The first-order valence-corrected chi connectivity index (χ1v) is 7.96. The standard InChI is InChI=1S/C14H22N2O3S/c1-3-9-20-10-8-15-13(19)16-14(12(17)18)6-4-11(2)5-7-14/h1,11H,4-10H2,2H3,(H,17,18)(H2,15,16,19). The van der Waals surface area contributed by atoms with Crippen molar-refractivity contribution in [3.05, 3.63) is 0 Å². The van der Waals surface area contributed by atoms with Crippen LogP contribution < -0.4 is 10.6 Å². The number of nitrogens with one attached hydrogen (secondary N) is 2. The maximum absolute atomic E-state index is 11.8. The Kier molecular flexibility index (Phi) is 6.73. The number of urea groups is 1. The molecule has 0 aromatic heterocycles. The predicted molar refractivity (Wildman–Crippen MR) is 80.7 cm³/mol. The minimum atomic E-state index is -1.11. The lowest BCUT2D eigenvalue weighted by Gasteiger charge is -2.36. The van der Waals surface area contributed by atoms with E-state index in [4.69, 9.17) is 6.42 Å². The maximum atomic E-state index is 11.8. The van der Waals surface area contributed by atoms with Crippen molar-refractivity contribution >= 4 is 23.8 Å². The lowest BCUT2D eigenvalue weighted by atomic mass is 9.77. The highest BCUT2D eigenvalue weighted by molar-refractivity contribution is 7.99. The number of carboxylic acids is 1. The van der Waals surface area contributed by atoms with E-state index in [1.165, 1.54) is 0 Å². The van der Waals surface area contributed by atoms with Crippen molar-refractivity contribution in [2.24, 2.45) is 5.92 Å². The molecule has 0 spiro atoms. The van der Waals surface area contributed by atoms with Crippen LogP contribution in [0.4, 0.5) is 4.79 Å². The average molecular weight is 298 g/mol. The zero-order valence-corrected chi connectivity index (χ0v) is 12.6. The number of aliphatic carboxylic acids is 1. The van der Waals surface area contributed by atoms with Gasteiger partial charge in [0.2, 0.25) is 0 Å². The van der Waals surface area contributed by atoms with Gasteiger partial charge in [0.25, 0.3) is 0 Å². The molecule has 0 heterocycles. The summed E-state index contributed by atoms with van der Waals surface area (Å²) < 4.78 is 0. The summed E-state index contributed by atoms with van der Waals surface area (Å²) in [5, 5.41) is 14.7. The Hall–Kier alpha value is -1.35. The van der Waals surface area contributed by atoms with Gasteiger partial charge in [-0.3, -0.25) is 0 Å². The monoisotopic (exact) mass is 298 g/mol. The van der Waals surface area contributed by atoms with Crippen LogP contribution in [0.2, 0.25) is 0 Å². The van der Waals surface area contributed by atoms with Gasteiger partial charge in [-0.1, -0.05) is 12.8 Å². The van der Waals surface area contributed by atoms with Crippen LogP contribution in [-0.4, -0.2) is 40.7 Å². The molecule has 1 rings (SSSR count). The number of terminal acetylenes is 1. The van der Waals surface area contributed by atoms with E-state index in [1.54, 1.807) is 11.8 Å². The Morgan fingerprint density at radius 1 is 1.45 bits per heavy atom. The molecule has 1 saturated carbocycles. The summed E-state index contributed by atoms with van der Waals surface area (Å²) in [7, 11) is 0. The second-order valence-electron chi connectivity index (χ2n) is 5.21. The van der Waals surface area contributed by atoms with Gasteiger partial charge in [-0.2, -0.15) is 0 Å². The Morgan fingerprint density at radius 2 is 2.10 bits per heavy atom. The number of amides is 2. The predicted octanol–water partition coefficient (Wildman–Crippen LogP) is 1.69. The molecule has 3 N–H and O–H groups in total. The van der Waals surface area contributed by atoms with E-state index in [9.17, 15) is 14.7 Å². The molecule has 1 aliphatic rings. The van der Waals surface area contributed by atoms with Crippen LogP contribution in [0, 0.1) is 18.3 Å². The maximum Gasteiger partial charge on any atom is 0.329 e. The number of hydrogen-bond acceptors (Lipinski definition) is 3. The van der Waals surface area contributed by atoms with Gasteiger partial charge in [-0.25, -0.2) is 9.59 Å². The van der Waals surface area contributed by atoms with Crippen molar-refractivity contribution in [2.45, 2.75) is 38.1 Å². The molecule has 1 aliphatic carbocycles. The van der Waals surface area contributed by atoms with E-state index in [0.717, 1.165) is 12.8 Å². The van der Waals surface area contributed by atoms with Crippen molar-refractivity contribution < 1.29 is 14.7 Å². The highest BCUT2D eigenvalue weighted by Crippen LogP contribution is 2.32. The minimum Gasteiger partial charge on any atom is -0.480 e. The molecular formula is C14H22N2O3S. The highest BCUT2D eigenvalue weighted by atomic mass is 32.2. The van der Waals surface area contributed by atoms with Gasteiger partial charge in [0.15, 0.2) is 0 Å². The molecule has 20 heavy (non-hydrogen) atoms. The Labute approximate surface area is 124 Å². The number of carbonyl (C=O) groups excluding carboxylic acids is 1. The fraction of sp³-hybridized carbons (Fsp3) is 0.714. The molecule has 0 aromatic rings. The minimum absolute atomic E-state index is 0.414. The van der Waals surface area contributed by atoms with Gasteiger partial charge in [0.05, 0.1) is 5.75 Å². The molecule has 0 unspecified atom stereocenters. The zero-order valence-electron chi connectivity index (χ0n) is 11.8. The second kappa shape index (κ2) is 8.05. The molecule has 0 aliphatic heterocycles. The van der Waals surface area contributed by atoms with Crippen molar-refractivity contribution in [3.63, 3.8) is 0 Å². The molecule has 5 nitrogen and oxygen atoms in total. The molecule has 0 bridgehead atoms. The number of thioether (sulfide) groups is 1. The van der Waals surface area contributed by atoms with E-state index in [1.807, 2.05) is 0 Å². The van der Waals surface area contributed by atoms with Gasteiger partial charge in [0, 0.05) is 12.3 Å². The number of carbonyl (C=O) groups is 2. The SMILES string of the molecule is C#CCSCCNC(=O)NC1(C(=O)O)CCC(C)CC1. The first-order chi connectivity index (χ1) is 9.50. The molecule has 1 fully saturated rings. The molecular weight excluding hydrogens is 276 g/mol. The molecule has 112 valence electrons. The summed E-state index contributed by atoms with van der Waals surface area (Å²) >= 11 is 1.55. The van der Waals surface area contributed by atoms with Crippen LogP contribution in [-0.2, 0) is 4.79 Å². The summed E-state index contributed by atoms with van der Waals surface area (Å²) in [5.74, 6) is 3.41. The van der Waals surface area contributed by atoms with Crippen molar-refractivity contribution in [1.29, 1.82) is 0 Å². The number of hydrogen-bond donors (Lipinski definition) is 3. The molecule has 2 amide bonds. The third-order valence-electron chi connectivity index (χ3n) is 3.61.